The van der Waals surface area contributed by atoms with Crippen molar-refractivity contribution in [2.75, 3.05) is 19.6 Å². The van der Waals surface area contributed by atoms with E-state index < -0.39 is 11.5 Å². The third-order valence-corrected chi connectivity index (χ3v) is 5.23. The lowest BCUT2D eigenvalue weighted by atomic mass is 10.0. The molecule has 7 heteroatoms. The molecular weight excluding hydrogens is 326 g/mol. The van der Waals surface area contributed by atoms with Crippen molar-refractivity contribution in [3.05, 3.63) is 46.8 Å². The van der Waals surface area contributed by atoms with E-state index in [0.717, 1.165) is 17.0 Å². The highest BCUT2D eigenvalue weighted by molar-refractivity contribution is 7.17. The highest BCUT2D eigenvalue weighted by atomic mass is 32.1. The SMILES string of the molecule is NC(=O)c1ccc(-c2ccc(C(=O)NC[C@]3(O)CCNC3)cc2)s1. The third-order valence-electron chi connectivity index (χ3n) is 4.08. The second kappa shape index (κ2) is 6.72. The van der Waals surface area contributed by atoms with E-state index in [-0.39, 0.29) is 12.5 Å². The van der Waals surface area contributed by atoms with Crippen LogP contribution < -0.4 is 16.4 Å². The second-order valence-electron chi connectivity index (χ2n) is 5.94. The van der Waals surface area contributed by atoms with Crippen LogP contribution in [0.2, 0.25) is 0 Å². The standard InChI is InChI=1S/C17H19N3O3S/c18-15(21)14-6-5-13(24-14)11-1-3-12(4-2-11)16(22)20-10-17(23)7-8-19-9-17/h1-6,19,23H,7-10H2,(H2,18,21)(H,20,22)/t17-/m0/s1. The molecule has 0 saturated carbocycles. The van der Waals surface area contributed by atoms with Crippen molar-refractivity contribution in [2.45, 2.75) is 12.0 Å². The molecule has 126 valence electrons. The first-order valence-electron chi connectivity index (χ1n) is 7.68. The van der Waals surface area contributed by atoms with Crippen molar-refractivity contribution in [2.24, 2.45) is 5.73 Å². The molecule has 5 N–H and O–H groups in total. The molecule has 0 bridgehead atoms. The fourth-order valence-corrected chi connectivity index (χ4v) is 3.50. The van der Waals surface area contributed by atoms with E-state index in [2.05, 4.69) is 10.6 Å². The van der Waals surface area contributed by atoms with Gasteiger partial charge in [-0.3, -0.25) is 9.59 Å². The number of amides is 2. The molecule has 0 spiro atoms. The monoisotopic (exact) mass is 345 g/mol. The van der Waals surface area contributed by atoms with Gasteiger partial charge in [-0.1, -0.05) is 12.1 Å². The molecule has 1 aromatic carbocycles. The molecule has 1 aliphatic heterocycles. The summed E-state index contributed by atoms with van der Waals surface area (Å²) < 4.78 is 0. The molecule has 2 aromatic rings. The van der Waals surface area contributed by atoms with Crippen molar-refractivity contribution in [1.29, 1.82) is 0 Å². The van der Waals surface area contributed by atoms with E-state index >= 15 is 0 Å². The molecule has 1 fully saturated rings. The summed E-state index contributed by atoms with van der Waals surface area (Å²) in [5.74, 6) is -0.660. The maximum atomic E-state index is 12.2. The molecule has 1 saturated heterocycles. The largest absolute Gasteiger partial charge is 0.387 e. The highest BCUT2D eigenvalue weighted by Crippen LogP contribution is 2.28. The van der Waals surface area contributed by atoms with Crippen molar-refractivity contribution in [1.82, 2.24) is 10.6 Å². The van der Waals surface area contributed by atoms with E-state index in [0.29, 0.717) is 23.4 Å². The maximum Gasteiger partial charge on any atom is 0.258 e. The summed E-state index contributed by atoms with van der Waals surface area (Å²) in [6, 6.07) is 10.6. The van der Waals surface area contributed by atoms with Crippen molar-refractivity contribution < 1.29 is 14.7 Å². The Hall–Kier alpha value is -2.22. The fourth-order valence-electron chi connectivity index (χ4n) is 2.64. The van der Waals surface area contributed by atoms with Gasteiger partial charge in [0.25, 0.3) is 11.8 Å². The van der Waals surface area contributed by atoms with E-state index in [1.54, 1.807) is 18.2 Å². The van der Waals surface area contributed by atoms with Gasteiger partial charge in [-0.15, -0.1) is 11.3 Å². The summed E-state index contributed by atoms with van der Waals surface area (Å²) in [6.07, 6.45) is 0.632. The summed E-state index contributed by atoms with van der Waals surface area (Å²) in [6.45, 7) is 1.48. The minimum absolute atomic E-state index is 0.217. The minimum Gasteiger partial charge on any atom is -0.387 e. The second-order valence-corrected chi connectivity index (χ2v) is 7.02. The summed E-state index contributed by atoms with van der Waals surface area (Å²) in [5, 5.41) is 16.1. The summed E-state index contributed by atoms with van der Waals surface area (Å²) in [5.41, 5.74) is 5.84. The zero-order valence-corrected chi connectivity index (χ0v) is 13.9. The third kappa shape index (κ3) is 3.64. The first-order chi connectivity index (χ1) is 11.5. The topological polar surface area (TPSA) is 104 Å². The maximum absolute atomic E-state index is 12.2. The Morgan fingerprint density at radius 3 is 2.58 bits per heavy atom. The molecule has 0 unspecified atom stereocenters. The number of nitrogens with one attached hydrogen (secondary N) is 2. The summed E-state index contributed by atoms with van der Waals surface area (Å²) in [7, 11) is 0. The number of rotatable bonds is 5. The first kappa shape index (κ1) is 16.6. The average molecular weight is 345 g/mol. The number of primary amides is 1. The van der Waals surface area contributed by atoms with Crippen LogP contribution in [0.3, 0.4) is 0 Å². The first-order valence-corrected chi connectivity index (χ1v) is 8.50. The van der Waals surface area contributed by atoms with Crippen LogP contribution in [0.5, 0.6) is 0 Å². The molecule has 1 aliphatic rings. The molecule has 1 atom stereocenters. The van der Waals surface area contributed by atoms with Crippen molar-refractivity contribution in [3.63, 3.8) is 0 Å². The minimum atomic E-state index is -0.863. The Labute approximate surface area is 143 Å². The van der Waals surface area contributed by atoms with Gasteiger partial charge in [0.1, 0.15) is 0 Å². The van der Waals surface area contributed by atoms with E-state index in [1.165, 1.54) is 11.3 Å². The molecule has 0 aliphatic carbocycles. The quantitative estimate of drug-likeness (QED) is 0.648. The van der Waals surface area contributed by atoms with Crippen LogP contribution in [0, 0.1) is 0 Å². The van der Waals surface area contributed by atoms with Gasteiger partial charge in [-0.05, 0) is 42.8 Å². The number of carbonyl (C=O) groups is 2. The molecule has 0 radical (unpaired) electrons. The van der Waals surface area contributed by atoms with Gasteiger partial charge in [0.2, 0.25) is 0 Å². The lowest BCUT2D eigenvalue weighted by molar-refractivity contribution is 0.0562. The predicted octanol–water partition coefficient (Wildman–Crippen LogP) is 0.968. The van der Waals surface area contributed by atoms with E-state index in [1.807, 2.05) is 18.2 Å². The average Bonchev–Trinajstić information content (AvgIpc) is 3.23. The lowest BCUT2D eigenvalue weighted by Crippen LogP contribution is -2.44. The van der Waals surface area contributed by atoms with E-state index in [4.69, 9.17) is 5.73 Å². The van der Waals surface area contributed by atoms with Crippen LogP contribution in [0.1, 0.15) is 26.5 Å². The van der Waals surface area contributed by atoms with Gasteiger partial charge in [-0.2, -0.15) is 0 Å². The number of thiophene rings is 1. The normalized spacial score (nSPS) is 20.0. The van der Waals surface area contributed by atoms with Crippen LogP contribution in [0.25, 0.3) is 10.4 Å². The number of benzene rings is 1. The molecular formula is C17H19N3O3S. The van der Waals surface area contributed by atoms with Gasteiger partial charge in [0.15, 0.2) is 0 Å². The highest BCUT2D eigenvalue weighted by Gasteiger charge is 2.31. The van der Waals surface area contributed by atoms with Crippen molar-refractivity contribution in [3.8, 4) is 10.4 Å². The Bertz CT molecular complexity index is 749. The van der Waals surface area contributed by atoms with E-state index in [9.17, 15) is 14.7 Å². The smallest absolute Gasteiger partial charge is 0.258 e. The van der Waals surface area contributed by atoms with Crippen LogP contribution in [0.15, 0.2) is 36.4 Å². The zero-order valence-electron chi connectivity index (χ0n) is 13.0. The lowest BCUT2D eigenvalue weighted by Gasteiger charge is -2.21. The molecule has 1 aromatic heterocycles. The number of hydrogen-bond acceptors (Lipinski definition) is 5. The van der Waals surface area contributed by atoms with Gasteiger partial charge < -0.3 is 21.5 Å². The molecule has 3 rings (SSSR count). The van der Waals surface area contributed by atoms with Crippen LogP contribution in [0.4, 0.5) is 0 Å². The van der Waals surface area contributed by atoms with Gasteiger partial charge in [0, 0.05) is 23.5 Å². The number of hydrogen-bond donors (Lipinski definition) is 4. The van der Waals surface area contributed by atoms with Crippen LogP contribution >= 0.6 is 11.3 Å². The Kier molecular flexibility index (Phi) is 4.66. The van der Waals surface area contributed by atoms with Crippen LogP contribution in [-0.4, -0.2) is 42.2 Å². The van der Waals surface area contributed by atoms with Gasteiger partial charge in [0.05, 0.1) is 10.5 Å². The predicted molar refractivity (Wildman–Crippen MR) is 93.0 cm³/mol. The Morgan fingerprint density at radius 2 is 2.00 bits per heavy atom. The summed E-state index contributed by atoms with van der Waals surface area (Å²) in [4.78, 5) is 24.8. The number of aliphatic hydroxyl groups is 1. The van der Waals surface area contributed by atoms with Crippen LogP contribution in [-0.2, 0) is 0 Å². The Morgan fingerprint density at radius 1 is 1.25 bits per heavy atom. The Balaban J connectivity index is 1.65. The van der Waals surface area contributed by atoms with Gasteiger partial charge in [-0.25, -0.2) is 0 Å². The number of nitrogens with two attached hydrogens (primary N) is 1. The molecule has 2 heterocycles. The number of carbonyl (C=O) groups excluding carboxylic acids is 2. The van der Waals surface area contributed by atoms with Crippen molar-refractivity contribution >= 4 is 23.2 Å². The zero-order chi connectivity index (χ0) is 17.2. The summed E-state index contributed by atoms with van der Waals surface area (Å²) >= 11 is 1.32. The van der Waals surface area contributed by atoms with Gasteiger partial charge >= 0.3 is 0 Å². The number of β-amino-alcohol motifs (C(OH)–C–C–N with tert-alkyl or cyclic N) is 1. The molecule has 6 nitrogen and oxygen atoms in total. The fraction of sp³-hybridized carbons (Fsp3) is 0.294. The molecule has 2 amide bonds. The molecule has 24 heavy (non-hydrogen) atoms.